The first-order valence-corrected chi connectivity index (χ1v) is 16.6. The number of aliphatic carboxylic acids is 1. The number of phenolic OH excluding ortho intramolecular Hbond substituents is 1. The molecule has 6 aliphatic rings. The summed E-state index contributed by atoms with van der Waals surface area (Å²) in [5.74, 6) is -2.47. The van der Waals surface area contributed by atoms with Crippen LogP contribution in [0.4, 0.5) is 5.69 Å². The number of rotatable bonds is 5. The van der Waals surface area contributed by atoms with Gasteiger partial charge in [-0.1, -0.05) is 18.2 Å². The molecule has 3 aromatic rings. The summed E-state index contributed by atoms with van der Waals surface area (Å²) >= 11 is 0. The van der Waals surface area contributed by atoms with E-state index in [-0.39, 0.29) is 29.0 Å². The summed E-state index contributed by atoms with van der Waals surface area (Å²) in [5, 5.41) is 72.6. The maximum absolute atomic E-state index is 12.5. The van der Waals surface area contributed by atoms with Crippen molar-refractivity contribution in [3.63, 3.8) is 0 Å². The van der Waals surface area contributed by atoms with Gasteiger partial charge in [-0.2, -0.15) is 0 Å². The zero-order chi connectivity index (χ0) is 35.8. The Labute approximate surface area is 290 Å². The third kappa shape index (κ3) is 3.85. The molecule has 5 heterocycles. The van der Waals surface area contributed by atoms with Gasteiger partial charge in [0.1, 0.15) is 41.2 Å². The van der Waals surface area contributed by atoms with Crippen LogP contribution in [0, 0.1) is 0 Å². The van der Waals surface area contributed by atoms with Gasteiger partial charge in [0.2, 0.25) is 17.6 Å². The number of aliphatic hydroxyl groups excluding tert-OH is 4. The lowest BCUT2D eigenvalue weighted by Gasteiger charge is -2.57. The number of benzene rings is 3. The van der Waals surface area contributed by atoms with Crippen molar-refractivity contribution in [2.24, 2.45) is 0 Å². The van der Waals surface area contributed by atoms with E-state index in [0.717, 1.165) is 17.2 Å². The van der Waals surface area contributed by atoms with E-state index in [1.807, 2.05) is 13.1 Å². The lowest BCUT2D eigenvalue weighted by molar-refractivity contribution is -0.356. The molecule has 1 aliphatic carbocycles. The fourth-order valence-electron chi connectivity index (χ4n) is 9.03. The molecule has 51 heavy (non-hydrogen) atoms. The lowest BCUT2D eigenvalue weighted by Crippen LogP contribution is -2.79. The Morgan fingerprint density at radius 3 is 2.55 bits per heavy atom. The first-order valence-electron chi connectivity index (χ1n) is 16.6. The van der Waals surface area contributed by atoms with E-state index in [1.165, 1.54) is 32.4 Å². The number of methoxy groups -OCH3 is 2. The van der Waals surface area contributed by atoms with Crippen molar-refractivity contribution < 1.29 is 63.9 Å². The summed E-state index contributed by atoms with van der Waals surface area (Å²) in [6.07, 6.45) is -4.65. The van der Waals surface area contributed by atoms with Gasteiger partial charge in [-0.3, -0.25) is 0 Å². The van der Waals surface area contributed by atoms with Crippen LogP contribution in [0.1, 0.15) is 41.7 Å². The van der Waals surface area contributed by atoms with Crippen LogP contribution >= 0.6 is 0 Å². The molecule has 0 radical (unpaired) electrons. The molecule has 8 N–H and O–H groups in total. The molecule has 5 aliphatic heterocycles. The number of ether oxygens (including phenoxy) is 6. The van der Waals surface area contributed by atoms with Crippen molar-refractivity contribution in [2.45, 2.75) is 72.4 Å². The lowest BCUT2D eigenvalue weighted by atomic mass is 9.63. The maximum atomic E-state index is 12.5. The second-order valence-corrected chi connectivity index (χ2v) is 13.8. The number of fused-ring (bicyclic) bond motifs is 5. The Kier molecular flexibility index (Phi) is 6.70. The quantitative estimate of drug-likeness (QED) is 0.177. The minimum absolute atomic E-state index is 0.0121. The SMILES string of the molecule is CN[C@@H]1CC[C@]23c4c1cc(OC)c(OC)c4O[C@H]2c1c(-c2cccc(O)c2)cc2c(c1O[C@H]3O)N[C@@H]1C=C[C@]3(C(=O)O)O[C@@]1(O2)[C@H](O)[C@@H](O)[C@@H]3O. The largest absolute Gasteiger partial charge is 0.508 e. The van der Waals surface area contributed by atoms with Gasteiger partial charge in [0, 0.05) is 17.2 Å². The number of phenols is 1. The minimum atomic E-state index is -2.43. The highest BCUT2D eigenvalue weighted by Crippen LogP contribution is 2.69. The number of anilines is 1. The van der Waals surface area contributed by atoms with Gasteiger partial charge in [-0.05, 0) is 66.9 Å². The summed E-state index contributed by atoms with van der Waals surface area (Å²) in [7, 11) is 4.91. The molecular formula is C36H36N2O13. The minimum Gasteiger partial charge on any atom is -0.508 e. The zero-order valence-electron chi connectivity index (χ0n) is 27.6. The van der Waals surface area contributed by atoms with Crippen LogP contribution in [0.25, 0.3) is 11.1 Å². The first kappa shape index (κ1) is 32.2. The van der Waals surface area contributed by atoms with E-state index >= 15 is 0 Å². The van der Waals surface area contributed by atoms with E-state index in [2.05, 4.69) is 10.6 Å². The Bertz CT molecular complexity index is 2040. The van der Waals surface area contributed by atoms with Gasteiger partial charge in [0.05, 0.1) is 14.2 Å². The molecule has 1 fully saturated rings. The van der Waals surface area contributed by atoms with E-state index in [1.54, 1.807) is 18.2 Å². The number of aromatic hydroxyl groups is 1. The smallest absolute Gasteiger partial charge is 0.343 e. The summed E-state index contributed by atoms with van der Waals surface area (Å²) < 4.78 is 37.4. The van der Waals surface area contributed by atoms with Gasteiger partial charge < -0.3 is 69.7 Å². The summed E-state index contributed by atoms with van der Waals surface area (Å²) in [4.78, 5) is 12.5. The zero-order valence-corrected chi connectivity index (χ0v) is 27.6. The highest BCUT2D eigenvalue weighted by atomic mass is 16.7. The topological polar surface area (TPSA) is 218 Å². The molecule has 3 aromatic carbocycles. The Morgan fingerprint density at radius 1 is 1.04 bits per heavy atom. The number of carbonyl (C=O) groups is 1. The van der Waals surface area contributed by atoms with E-state index in [9.17, 15) is 35.4 Å². The summed E-state index contributed by atoms with van der Waals surface area (Å²) in [6.45, 7) is 0. The Hall–Kier alpha value is -4.77. The van der Waals surface area contributed by atoms with Crippen LogP contribution in [-0.2, 0) is 14.9 Å². The maximum Gasteiger partial charge on any atom is 0.343 e. The number of nitrogens with one attached hydrogen (secondary N) is 2. The van der Waals surface area contributed by atoms with Crippen LogP contribution in [-0.4, -0.2) is 99.9 Å². The molecular weight excluding hydrogens is 668 g/mol. The second kappa shape index (κ2) is 10.6. The highest BCUT2D eigenvalue weighted by molar-refractivity contribution is 5.86. The van der Waals surface area contributed by atoms with Crippen molar-refractivity contribution in [1.82, 2.24) is 5.32 Å². The molecule has 9 rings (SSSR count). The number of hydrogen-bond donors (Lipinski definition) is 8. The predicted octanol–water partition coefficient (Wildman–Crippen LogP) is 1.59. The molecule has 0 amide bonds. The highest BCUT2D eigenvalue weighted by Gasteiger charge is 2.71. The van der Waals surface area contributed by atoms with E-state index in [4.69, 9.17) is 28.4 Å². The van der Waals surface area contributed by atoms with Crippen LogP contribution in [0.3, 0.4) is 0 Å². The molecule has 10 atom stereocenters. The van der Waals surface area contributed by atoms with Gasteiger partial charge >= 0.3 is 5.97 Å². The average molecular weight is 705 g/mol. The van der Waals surface area contributed by atoms with Crippen molar-refractivity contribution in [1.29, 1.82) is 0 Å². The van der Waals surface area contributed by atoms with Crippen LogP contribution in [0.5, 0.6) is 34.5 Å². The third-order valence-electron chi connectivity index (χ3n) is 11.5. The fourth-order valence-corrected chi connectivity index (χ4v) is 9.03. The molecule has 15 nitrogen and oxygen atoms in total. The van der Waals surface area contributed by atoms with Crippen molar-refractivity contribution in [3.8, 4) is 45.6 Å². The fraction of sp³-hybridized carbons (Fsp3) is 0.417. The molecule has 0 unspecified atom stereocenters. The molecule has 268 valence electrons. The number of aliphatic hydroxyl groups is 4. The third-order valence-corrected chi connectivity index (χ3v) is 11.5. The first-order chi connectivity index (χ1) is 24.4. The summed E-state index contributed by atoms with van der Waals surface area (Å²) in [6, 6.07) is 8.78. The van der Waals surface area contributed by atoms with Crippen molar-refractivity contribution in [2.75, 3.05) is 26.6 Å². The van der Waals surface area contributed by atoms with Gasteiger partial charge in [0.15, 0.2) is 29.1 Å². The normalized spacial score (nSPS) is 36.0. The second-order valence-electron chi connectivity index (χ2n) is 13.8. The van der Waals surface area contributed by atoms with Crippen LogP contribution in [0.2, 0.25) is 0 Å². The number of hydrogen-bond acceptors (Lipinski definition) is 14. The van der Waals surface area contributed by atoms with Crippen LogP contribution < -0.4 is 34.3 Å². The average Bonchev–Trinajstić information content (AvgIpc) is 3.49. The molecule has 15 heteroatoms. The molecule has 2 bridgehead atoms. The van der Waals surface area contributed by atoms with Crippen molar-refractivity contribution >= 4 is 11.7 Å². The Morgan fingerprint density at radius 2 is 1.84 bits per heavy atom. The number of carboxylic acids is 1. The molecule has 0 aromatic heterocycles. The van der Waals surface area contributed by atoms with Gasteiger partial charge in [-0.25, -0.2) is 4.79 Å². The number of carboxylic acid groups (broad SMARTS) is 1. The predicted molar refractivity (Wildman–Crippen MR) is 175 cm³/mol. The Balaban J connectivity index is 1.29. The molecule has 0 saturated carbocycles. The van der Waals surface area contributed by atoms with E-state index in [0.29, 0.717) is 46.8 Å². The van der Waals surface area contributed by atoms with E-state index < -0.39 is 59.5 Å². The molecule has 1 saturated heterocycles. The summed E-state index contributed by atoms with van der Waals surface area (Å²) in [5.41, 5.74) is -0.223. The molecule has 2 spiro atoms. The van der Waals surface area contributed by atoms with Gasteiger partial charge in [0.25, 0.3) is 5.79 Å². The van der Waals surface area contributed by atoms with Crippen LogP contribution in [0.15, 0.2) is 48.6 Å². The van der Waals surface area contributed by atoms with Gasteiger partial charge in [-0.15, -0.1) is 0 Å². The monoisotopic (exact) mass is 704 g/mol. The van der Waals surface area contributed by atoms with Crippen molar-refractivity contribution in [3.05, 3.63) is 65.2 Å². The standard InChI is InChI=1S/C36H36N2O13/c1-37-18-7-9-34-23-17(18)13-20(46-2)26(47-3)28(23)48-31(34)22-16(14-5-4-6-15(39)11-14)12-19-24(27(22)49-33(34)45)38-21-8-10-35(32(43)44)29(41)25(40)30(42)36(21,50-19)51-35/h4-6,8,10-13,18,21,25,29-31,33,37-42,45H,7,9H2,1-3H3,(H,43,44)/t18-,21-,25+,29+,30-,31+,33-,34+,35+,36-/m1/s1.